The van der Waals surface area contributed by atoms with Crippen LogP contribution in [-0.4, -0.2) is 25.7 Å². The molecule has 3 aromatic rings. The van der Waals surface area contributed by atoms with Crippen molar-refractivity contribution < 1.29 is 23.0 Å². The molecule has 0 bridgehead atoms. The van der Waals surface area contributed by atoms with Gasteiger partial charge in [0.25, 0.3) is 5.91 Å². The first-order valence-corrected chi connectivity index (χ1v) is 8.06. The molecule has 1 N–H and O–H groups in total. The highest BCUT2D eigenvalue weighted by atomic mass is 19.3. The maximum Gasteiger partial charge on any atom is 0.387 e. The topological polar surface area (TPSA) is 47.6 Å². The molecule has 26 heavy (non-hydrogen) atoms. The molecule has 0 aliphatic carbocycles. The summed E-state index contributed by atoms with van der Waals surface area (Å²) in [5.41, 5.74) is 0.359. The molecule has 1 amide bonds. The van der Waals surface area contributed by atoms with Gasteiger partial charge in [-0.25, -0.2) is 0 Å². The van der Waals surface area contributed by atoms with Crippen LogP contribution in [0.1, 0.15) is 10.4 Å². The van der Waals surface area contributed by atoms with Crippen LogP contribution in [-0.2, 0) is 0 Å². The predicted octanol–water partition coefficient (Wildman–Crippen LogP) is 4.25. The van der Waals surface area contributed by atoms with Crippen molar-refractivity contribution in [2.24, 2.45) is 0 Å². The normalized spacial score (nSPS) is 10.7. The van der Waals surface area contributed by atoms with Gasteiger partial charge in [0, 0.05) is 5.56 Å². The van der Waals surface area contributed by atoms with E-state index in [1.807, 2.05) is 42.5 Å². The van der Waals surface area contributed by atoms with E-state index in [1.165, 1.54) is 24.3 Å². The van der Waals surface area contributed by atoms with Crippen molar-refractivity contribution in [2.75, 3.05) is 13.2 Å². The number of hydrogen-bond donors (Lipinski definition) is 1. The maximum atomic E-state index is 12.1. The van der Waals surface area contributed by atoms with Crippen LogP contribution in [0.4, 0.5) is 8.78 Å². The Bertz CT molecular complexity index is 882. The van der Waals surface area contributed by atoms with Gasteiger partial charge >= 0.3 is 6.61 Å². The zero-order chi connectivity index (χ0) is 18.4. The van der Waals surface area contributed by atoms with Crippen molar-refractivity contribution in [3.63, 3.8) is 0 Å². The number of ether oxygens (including phenoxy) is 2. The van der Waals surface area contributed by atoms with Gasteiger partial charge in [-0.1, -0.05) is 30.3 Å². The van der Waals surface area contributed by atoms with Gasteiger partial charge in [0.15, 0.2) is 0 Å². The summed E-state index contributed by atoms with van der Waals surface area (Å²) in [6, 6.07) is 19.3. The molecular formula is C20H17F2NO3. The van der Waals surface area contributed by atoms with Gasteiger partial charge < -0.3 is 14.8 Å². The summed E-state index contributed by atoms with van der Waals surface area (Å²) < 4.78 is 34.1. The summed E-state index contributed by atoms with van der Waals surface area (Å²) >= 11 is 0. The van der Waals surface area contributed by atoms with Gasteiger partial charge in [0.1, 0.15) is 18.1 Å². The molecule has 0 unspecified atom stereocenters. The number of fused-ring (bicyclic) bond motifs is 1. The number of halogens is 2. The molecule has 134 valence electrons. The van der Waals surface area contributed by atoms with E-state index in [1.54, 1.807) is 0 Å². The molecule has 0 heterocycles. The Labute approximate surface area is 149 Å². The van der Waals surface area contributed by atoms with E-state index in [2.05, 4.69) is 10.1 Å². The van der Waals surface area contributed by atoms with Crippen LogP contribution in [0.2, 0.25) is 0 Å². The summed E-state index contributed by atoms with van der Waals surface area (Å²) in [6.07, 6.45) is 0. The fourth-order valence-electron chi connectivity index (χ4n) is 2.48. The number of amides is 1. The lowest BCUT2D eigenvalue weighted by Gasteiger charge is -2.09. The number of rotatable bonds is 7. The zero-order valence-electron chi connectivity index (χ0n) is 13.8. The number of carbonyl (C=O) groups excluding carboxylic acids is 1. The van der Waals surface area contributed by atoms with E-state index in [9.17, 15) is 13.6 Å². The first kappa shape index (κ1) is 17.7. The number of nitrogens with one attached hydrogen (secondary N) is 1. The maximum absolute atomic E-state index is 12.1. The molecule has 0 saturated heterocycles. The highest BCUT2D eigenvalue weighted by molar-refractivity contribution is 5.94. The minimum atomic E-state index is -2.89. The third kappa shape index (κ3) is 4.69. The van der Waals surface area contributed by atoms with Gasteiger partial charge in [-0.3, -0.25) is 4.79 Å². The van der Waals surface area contributed by atoms with Crippen molar-refractivity contribution in [3.05, 3.63) is 72.3 Å². The fraction of sp³-hybridized carbons (Fsp3) is 0.150. The van der Waals surface area contributed by atoms with Crippen LogP contribution in [0, 0.1) is 0 Å². The first-order valence-electron chi connectivity index (χ1n) is 8.06. The second kappa shape index (κ2) is 8.29. The molecular weight excluding hydrogens is 340 g/mol. The van der Waals surface area contributed by atoms with Crippen molar-refractivity contribution in [1.82, 2.24) is 5.32 Å². The van der Waals surface area contributed by atoms with Crippen LogP contribution in [0.5, 0.6) is 11.5 Å². The largest absolute Gasteiger partial charge is 0.492 e. The Hall–Kier alpha value is -3.15. The lowest BCUT2D eigenvalue weighted by Crippen LogP contribution is -2.28. The second-order valence-electron chi connectivity index (χ2n) is 5.52. The van der Waals surface area contributed by atoms with E-state index in [-0.39, 0.29) is 11.7 Å². The molecule has 4 nitrogen and oxygen atoms in total. The molecule has 0 radical (unpaired) electrons. The average molecular weight is 357 g/mol. The van der Waals surface area contributed by atoms with Crippen LogP contribution in [0.25, 0.3) is 10.8 Å². The number of benzene rings is 3. The smallest absolute Gasteiger partial charge is 0.387 e. The molecule has 0 aliphatic rings. The summed E-state index contributed by atoms with van der Waals surface area (Å²) in [7, 11) is 0. The summed E-state index contributed by atoms with van der Waals surface area (Å²) in [5.74, 6) is 0.429. The standard InChI is InChI=1S/C20H17F2NO3/c21-20(22)26-17-8-6-15(7-9-17)19(24)23-11-12-25-18-10-5-14-3-1-2-4-16(14)13-18/h1-10,13,20H,11-12H2,(H,23,24). The second-order valence-corrected chi connectivity index (χ2v) is 5.52. The molecule has 0 aromatic heterocycles. The quantitative estimate of drug-likeness (QED) is 0.643. The third-order valence-corrected chi connectivity index (χ3v) is 3.72. The van der Waals surface area contributed by atoms with E-state index in [0.717, 1.165) is 16.5 Å². The highest BCUT2D eigenvalue weighted by Gasteiger charge is 2.07. The van der Waals surface area contributed by atoms with E-state index in [4.69, 9.17) is 4.74 Å². The number of hydrogen-bond acceptors (Lipinski definition) is 3. The SMILES string of the molecule is O=C(NCCOc1ccc2ccccc2c1)c1ccc(OC(F)F)cc1. The Morgan fingerprint density at radius 1 is 0.923 bits per heavy atom. The first-order chi connectivity index (χ1) is 12.6. The lowest BCUT2D eigenvalue weighted by molar-refractivity contribution is -0.0498. The molecule has 3 aromatic carbocycles. The Balaban J connectivity index is 1.47. The zero-order valence-corrected chi connectivity index (χ0v) is 13.8. The third-order valence-electron chi connectivity index (χ3n) is 3.72. The average Bonchev–Trinajstić information content (AvgIpc) is 2.65. The molecule has 0 spiro atoms. The Kier molecular flexibility index (Phi) is 5.63. The summed E-state index contributed by atoms with van der Waals surface area (Å²) in [4.78, 5) is 12.0. The van der Waals surface area contributed by atoms with Gasteiger partial charge in [-0.05, 0) is 47.2 Å². The monoisotopic (exact) mass is 357 g/mol. The Morgan fingerprint density at radius 2 is 1.62 bits per heavy atom. The van der Waals surface area contributed by atoms with Crippen molar-refractivity contribution >= 4 is 16.7 Å². The van der Waals surface area contributed by atoms with Gasteiger partial charge in [-0.2, -0.15) is 8.78 Å². The van der Waals surface area contributed by atoms with Crippen LogP contribution in [0.15, 0.2) is 66.7 Å². The van der Waals surface area contributed by atoms with Crippen molar-refractivity contribution in [3.8, 4) is 11.5 Å². The van der Waals surface area contributed by atoms with Crippen molar-refractivity contribution in [2.45, 2.75) is 6.61 Å². The van der Waals surface area contributed by atoms with Gasteiger partial charge in [0.05, 0.1) is 6.54 Å². The van der Waals surface area contributed by atoms with E-state index < -0.39 is 6.61 Å². The molecule has 0 aliphatic heterocycles. The molecule has 0 saturated carbocycles. The highest BCUT2D eigenvalue weighted by Crippen LogP contribution is 2.20. The van der Waals surface area contributed by atoms with Gasteiger partial charge in [-0.15, -0.1) is 0 Å². The fourth-order valence-corrected chi connectivity index (χ4v) is 2.48. The number of carbonyl (C=O) groups is 1. The van der Waals surface area contributed by atoms with Crippen LogP contribution < -0.4 is 14.8 Å². The molecule has 3 rings (SSSR count). The van der Waals surface area contributed by atoms with Crippen LogP contribution >= 0.6 is 0 Å². The summed E-state index contributed by atoms with van der Waals surface area (Å²) in [6.45, 7) is -2.25. The van der Waals surface area contributed by atoms with Crippen molar-refractivity contribution in [1.29, 1.82) is 0 Å². The van der Waals surface area contributed by atoms with E-state index in [0.29, 0.717) is 18.7 Å². The minimum absolute atomic E-state index is 0.0104. The molecule has 6 heteroatoms. The molecule has 0 fully saturated rings. The number of alkyl halides is 2. The lowest BCUT2D eigenvalue weighted by atomic mass is 10.1. The van der Waals surface area contributed by atoms with E-state index >= 15 is 0 Å². The van der Waals surface area contributed by atoms with Crippen LogP contribution in [0.3, 0.4) is 0 Å². The van der Waals surface area contributed by atoms with Gasteiger partial charge in [0.2, 0.25) is 0 Å². The Morgan fingerprint density at radius 3 is 2.35 bits per heavy atom. The minimum Gasteiger partial charge on any atom is -0.492 e. The summed E-state index contributed by atoms with van der Waals surface area (Å²) in [5, 5.41) is 4.93. The molecule has 0 atom stereocenters. The predicted molar refractivity (Wildman–Crippen MR) is 94.9 cm³/mol.